The van der Waals surface area contributed by atoms with Gasteiger partial charge in [0.1, 0.15) is 5.75 Å². The maximum Gasteiger partial charge on any atom is 0.292 e. The van der Waals surface area contributed by atoms with Crippen molar-refractivity contribution < 1.29 is 4.74 Å². The van der Waals surface area contributed by atoms with E-state index in [1.165, 1.54) is 0 Å². The van der Waals surface area contributed by atoms with Crippen LogP contribution in [0, 0.1) is 11.5 Å². The molecule has 0 heterocycles. The number of benzene rings is 2. The first kappa shape index (κ1) is 11.0. The molecule has 0 N–H and O–H groups in total. The summed E-state index contributed by atoms with van der Waals surface area (Å²) in [5.41, 5.74) is 2.00. The van der Waals surface area contributed by atoms with Crippen molar-refractivity contribution in [1.82, 2.24) is 0 Å². The first-order valence-corrected chi connectivity index (χ1v) is 5.28. The van der Waals surface area contributed by atoms with Crippen LogP contribution in [0.2, 0.25) is 0 Å². The van der Waals surface area contributed by atoms with Crippen molar-refractivity contribution >= 4 is 12.2 Å². The zero-order valence-electron chi connectivity index (χ0n) is 9.21. The second-order valence-electron chi connectivity index (χ2n) is 3.48. The number of rotatable bonds is 3. The summed E-state index contributed by atoms with van der Waals surface area (Å²) < 4.78 is 4.88. The number of hydrogen-bond donors (Lipinski definition) is 0. The van der Waals surface area contributed by atoms with Gasteiger partial charge in [0.2, 0.25) is 0 Å². The third-order valence-corrected chi connectivity index (χ3v) is 2.33. The highest BCUT2D eigenvalue weighted by Gasteiger charge is 1.98. The van der Waals surface area contributed by atoms with Crippen molar-refractivity contribution in [2.75, 3.05) is 0 Å². The zero-order valence-corrected chi connectivity index (χ0v) is 9.21. The summed E-state index contributed by atoms with van der Waals surface area (Å²) in [6.45, 7) is 0. The average molecular weight is 221 g/mol. The van der Waals surface area contributed by atoms with Gasteiger partial charge >= 0.3 is 0 Å². The highest BCUT2D eigenvalue weighted by Crippen LogP contribution is 2.20. The molecule has 0 fully saturated rings. The summed E-state index contributed by atoms with van der Waals surface area (Å²) in [4.78, 5) is 0. The molecule has 0 aliphatic rings. The highest BCUT2D eigenvalue weighted by atomic mass is 16.5. The minimum Gasteiger partial charge on any atom is -0.387 e. The Hall–Kier alpha value is -2.53. The standard InChI is InChI=1S/C15H11NO/c16-12-17-15-9-5-4-8-14(15)11-10-13-6-2-1-3-7-13/h1-11H/b11-10+. The fourth-order valence-corrected chi connectivity index (χ4v) is 1.51. The molecule has 0 aliphatic heterocycles. The second-order valence-corrected chi connectivity index (χ2v) is 3.48. The van der Waals surface area contributed by atoms with E-state index in [2.05, 4.69) is 0 Å². The van der Waals surface area contributed by atoms with Crippen LogP contribution >= 0.6 is 0 Å². The molecule has 0 saturated heterocycles. The molecular weight excluding hydrogens is 210 g/mol. The van der Waals surface area contributed by atoms with Gasteiger partial charge in [-0.3, -0.25) is 0 Å². The normalized spacial score (nSPS) is 10.1. The number of nitrogens with zero attached hydrogens (tertiary/aromatic N) is 1. The molecule has 0 radical (unpaired) electrons. The van der Waals surface area contributed by atoms with Crippen LogP contribution in [0.5, 0.6) is 5.75 Å². The molecule has 2 aromatic carbocycles. The topological polar surface area (TPSA) is 33.0 Å². The van der Waals surface area contributed by atoms with Gasteiger partial charge in [0, 0.05) is 5.56 Å². The van der Waals surface area contributed by atoms with E-state index in [4.69, 9.17) is 10.00 Å². The van der Waals surface area contributed by atoms with E-state index in [0.717, 1.165) is 11.1 Å². The predicted octanol–water partition coefficient (Wildman–Crippen LogP) is 3.72. The first-order valence-electron chi connectivity index (χ1n) is 5.28. The van der Waals surface area contributed by atoms with Crippen LogP contribution in [-0.4, -0.2) is 0 Å². The summed E-state index contributed by atoms with van der Waals surface area (Å²) in [7, 11) is 0. The third-order valence-electron chi connectivity index (χ3n) is 2.33. The Morgan fingerprint density at radius 1 is 0.882 bits per heavy atom. The molecule has 0 amide bonds. The van der Waals surface area contributed by atoms with Crippen molar-refractivity contribution in [2.45, 2.75) is 0 Å². The monoisotopic (exact) mass is 221 g/mol. The fourth-order valence-electron chi connectivity index (χ4n) is 1.51. The molecule has 0 bridgehead atoms. The molecule has 2 heteroatoms. The van der Waals surface area contributed by atoms with Gasteiger partial charge in [-0.25, -0.2) is 0 Å². The van der Waals surface area contributed by atoms with Gasteiger partial charge in [0.25, 0.3) is 6.26 Å². The maximum atomic E-state index is 8.53. The van der Waals surface area contributed by atoms with Gasteiger partial charge in [-0.2, -0.15) is 0 Å². The van der Waals surface area contributed by atoms with Crippen LogP contribution in [0.15, 0.2) is 54.6 Å². The van der Waals surface area contributed by atoms with E-state index in [0.29, 0.717) is 5.75 Å². The van der Waals surface area contributed by atoms with E-state index in [9.17, 15) is 0 Å². The van der Waals surface area contributed by atoms with Crippen molar-refractivity contribution in [2.24, 2.45) is 0 Å². The summed E-state index contributed by atoms with van der Waals surface area (Å²) in [5, 5.41) is 8.53. The Bertz CT molecular complexity index is 553. The molecular formula is C15H11NO. The molecule has 0 aliphatic carbocycles. The first-order chi connectivity index (χ1) is 8.40. The van der Waals surface area contributed by atoms with E-state index < -0.39 is 0 Å². The lowest BCUT2D eigenvalue weighted by atomic mass is 10.1. The number of para-hydroxylation sites is 1. The zero-order chi connectivity index (χ0) is 11.9. The minimum atomic E-state index is 0.571. The lowest BCUT2D eigenvalue weighted by Gasteiger charge is -2.00. The SMILES string of the molecule is N#COc1ccccc1/C=C/c1ccccc1. The van der Waals surface area contributed by atoms with Crippen LogP contribution in [0.25, 0.3) is 12.2 Å². The molecule has 2 rings (SSSR count). The van der Waals surface area contributed by atoms with Gasteiger partial charge in [-0.05, 0) is 11.6 Å². The van der Waals surface area contributed by atoms with E-state index in [1.54, 1.807) is 12.3 Å². The minimum absolute atomic E-state index is 0.571. The van der Waals surface area contributed by atoms with Crippen molar-refractivity contribution in [3.63, 3.8) is 0 Å². The second kappa shape index (κ2) is 5.53. The van der Waals surface area contributed by atoms with Gasteiger partial charge in [-0.15, -0.1) is 5.26 Å². The molecule has 0 spiro atoms. The van der Waals surface area contributed by atoms with Crippen LogP contribution in [0.1, 0.15) is 11.1 Å². The molecule has 0 atom stereocenters. The van der Waals surface area contributed by atoms with Crippen LogP contribution in [0.3, 0.4) is 0 Å². The molecule has 17 heavy (non-hydrogen) atoms. The van der Waals surface area contributed by atoms with E-state index >= 15 is 0 Å². The van der Waals surface area contributed by atoms with Crippen LogP contribution < -0.4 is 4.74 Å². The molecule has 0 aromatic heterocycles. The molecule has 0 saturated carbocycles. The Morgan fingerprint density at radius 3 is 2.35 bits per heavy atom. The molecule has 0 unspecified atom stereocenters. The lowest BCUT2D eigenvalue weighted by molar-refractivity contribution is 0.506. The van der Waals surface area contributed by atoms with E-state index in [1.807, 2.05) is 60.7 Å². The summed E-state index contributed by atoms with van der Waals surface area (Å²) >= 11 is 0. The highest BCUT2D eigenvalue weighted by molar-refractivity contribution is 5.72. The van der Waals surface area contributed by atoms with Crippen molar-refractivity contribution in [3.05, 3.63) is 65.7 Å². The van der Waals surface area contributed by atoms with Crippen molar-refractivity contribution in [3.8, 4) is 12.0 Å². The Balaban J connectivity index is 2.25. The molecule has 2 aromatic rings. The quantitative estimate of drug-likeness (QED) is 0.584. The van der Waals surface area contributed by atoms with Crippen LogP contribution in [-0.2, 0) is 0 Å². The number of ether oxygens (including phenoxy) is 1. The van der Waals surface area contributed by atoms with Gasteiger partial charge in [0.15, 0.2) is 0 Å². The van der Waals surface area contributed by atoms with E-state index in [-0.39, 0.29) is 0 Å². The Morgan fingerprint density at radius 2 is 1.59 bits per heavy atom. The smallest absolute Gasteiger partial charge is 0.292 e. The summed E-state index contributed by atoms with van der Waals surface area (Å²) in [5.74, 6) is 0.571. The Kier molecular flexibility index (Phi) is 3.57. The largest absolute Gasteiger partial charge is 0.387 e. The third kappa shape index (κ3) is 2.96. The summed E-state index contributed by atoms with van der Waals surface area (Å²) in [6.07, 6.45) is 5.61. The maximum absolute atomic E-state index is 8.53. The Labute approximate surface area is 100 Å². The van der Waals surface area contributed by atoms with Gasteiger partial charge < -0.3 is 4.74 Å². The lowest BCUT2D eigenvalue weighted by Crippen LogP contribution is -1.84. The summed E-state index contributed by atoms with van der Waals surface area (Å²) in [6, 6.07) is 17.4. The predicted molar refractivity (Wildman–Crippen MR) is 68.1 cm³/mol. The number of hydrogen-bond acceptors (Lipinski definition) is 2. The average Bonchev–Trinajstić information content (AvgIpc) is 2.39. The van der Waals surface area contributed by atoms with Crippen molar-refractivity contribution in [1.29, 1.82) is 5.26 Å². The van der Waals surface area contributed by atoms with Crippen LogP contribution in [0.4, 0.5) is 0 Å². The molecule has 82 valence electrons. The number of nitriles is 1. The fraction of sp³-hybridized carbons (Fsp3) is 0. The molecule has 2 nitrogen and oxygen atoms in total. The van der Waals surface area contributed by atoms with Gasteiger partial charge in [0.05, 0.1) is 0 Å². The van der Waals surface area contributed by atoms with Gasteiger partial charge in [-0.1, -0.05) is 60.7 Å².